The SMILES string of the molecule is CCC#CC(C)Sc1nnc(C)s1. The molecular weight excluding hydrogens is 200 g/mol. The summed E-state index contributed by atoms with van der Waals surface area (Å²) in [5, 5.41) is 9.30. The van der Waals surface area contributed by atoms with Crippen LogP contribution in [0, 0.1) is 18.8 Å². The van der Waals surface area contributed by atoms with Crippen molar-refractivity contribution in [2.75, 3.05) is 0 Å². The van der Waals surface area contributed by atoms with Crippen molar-refractivity contribution in [3.8, 4) is 11.8 Å². The maximum absolute atomic E-state index is 4.03. The molecule has 0 N–H and O–H groups in total. The summed E-state index contributed by atoms with van der Waals surface area (Å²) in [4.78, 5) is 0. The number of aryl methyl sites for hydroxylation is 1. The molecule has 0 spiro atoms. The molecule has 1 aromatic rings. The first kappa shape index (κ1) is 10.6. The van der Waals surface area contributed by atoms with E-state index in [0.29, 0.717) is 5.25 Å². The van der Waals surface area contributed by atoms with Crippen LogP contribution in [0.15, 0.2) is 4.34 Å². The Morgan fingerprint density at radius 1 is 1.54 bits per heavy atom. The predicted molar refractivity (Wildman–Crippen MR) is 58.0 cm³/mol. The molecule has 0 saturated heterocycles. The molecule has 2 nitrogen and oxygen atoms in total. The Kier molecular flexibility index (Phi) is 4.26. The number of thioether (sulfide) groups is 1. The summed E-state index contributed by atoms with van der Waals surface area (Å²) in [7, 11) is 0. The molecular formula is C9H12N2S2. The van der Waals surface area contributed by atoms with E-state index in [1.807, 2.05) is 6.92 Å². The zero-order valence-electron chi connectivity index (χ0n) is 8.00. The number of nitrogens with zero attached hydrogens (tertiary/aromatic N) is 2. The standard InChI is InChI=1S/C9H12N2S2/c1-4-5-6-7(2)12-9-11-10-8(3)13-9/h7H,4H2,1-3H3. The normalized spacial score (nSPS) is 11.9. The van der Waals surface area contributed by atoms with Gasteiger partial charge in [0.2, 0.25) is 0 Å². The predicted octanol–water partition coefficient (Wildman–Crippen LogP) is 2.74. The molecule has 0 aromatic carbocycles. The maximum atomic E-state index is 4.03. The van der Waals surface area contributed by atoms with Gasteiger partial charge in [-0.15, -0.1) is 16.1 Å². The fourth-order valence-electron chi connectivity index (χ4n) is 0.753. The van der Waals surface area contributed by atoms with E-state index in [-0.39, 0.29) is 0 Å². The zero-order valence-corrected chi connectivity index (χ0v) is 9.63. The van der Waals surface area contributed by atoms with E-state index in [1.54, 1.807) is 23.1 Å². The van der Waals surface area contributed by atoms with Crippen molar-refractivity contribution in [1.29, 1.82) is 0 Å². The van der Waals surface area contributed by atoms with Crippen molar-refractivity contribution in [3.63, 3.8) is 0 Å². The smallest absolute Gasteiger partial charge is 0.143 e. The number of hydrogen-bond acceptors (Lipinski definition) is 4. The molecule has 1 heterocycles. The number of aromatic nitrogens is 2. The lowest BCUT2D eigenvalue weighted by Crippen LogP contribution is -1.89. The molecule has 1 atom stereocenters. The third-order valence-electron chi connectivity index (χ3n) is 1.27. The molecule has 1 aromatic heterocycles. The third-order valence-corrected chi connectivity index (χ3v) is 3.19. The second-order valence-electron chi connectivity index (χ2n) is 2.52. The molecule has 0 bridgehead atoms. The lowest BCUT2D eigenvalue weighted by Gasteiger charge is -1.97. The molecule has 0 radical (unpaired) electrons. The monoisotopic (exact) mass is 212 g/mol. The Morgan fingerprint density at radius 2 is 2.31 bits per heavy atom. The van der Waals surface area contributed by atoms with Crippen LogP contribution in [0.4, 0.5) is 0 Å². The highest BCUT2D eigenvalue weighted by Gasteiger charge is 2.04. The van der Waals surface area contributed by atoms with Crippen molar-refractivity contribution in [2.45, 2.75) is 36.8 Å². The molecule has 0 aliphatic carbocycles. The van der Waals surface area contributed by atoms with Gasteiger partial charge in [-0.3, -0.25) is 0 Å². The lowest BCUT2D eigenvalue weighted by molar-refractivity contribution is 0.982. The Bertz CT molecular complexity index is 322. The van der Waals surface area contributed by atoms with Gasteiger partial charge in [-0.1, -0.05) is 35.9 Å². The second-order valence-corrected chi connectivity index (χ2v) is 5.29. The van der Waals surface area contributed by atoms with Gasteiger partial charge in [0, 0.05) is 6.42 Å². The van der Waals surface area contributed by atoms with Crippen molar-refractivity contribution in [1.82, 2.24) is 10.2 Å². The van der Waals surface area contributed by atoms with E-state index in [4.69, 9.17) is 0 Å². The topological polar surface area (TPSA) is 25.8 Å². The van der Waals surface area contributed by atoms with Crippen molar-refractivity contribution in [2.24, 2.45) is 0 Å². The van der Waals surface area contributed by atoms with Crippen molar-refractivity contribution in [3.05, 3.63) is 5.01 Å². The van der Waals surface area contributed by atoms with Crippen LogP contribution in [-0.4, -0.2) is 15.4 Å². The molecule has 0 saturated carbocycles. The molecule has 1 unspecified atom stereocenters. The van der Waals surface area contributed by atoms with Crippen molar-refractivity contribution < 1.29 is 0 Å². The van der Waals surface area contributed by atoms with E-state index >= 15 is 0 Å². The first-order chi connectivity index (χ1) is 6.22. The number of rotatable bonds is 2. The molecule has 0 aliphatic heterocycles. The molecule has 0 aliphatic rings. The molecule has 1 rings (SSSR count). The van der Waals surface area contributed by atoms with E-state index in [2.05, 4.69) is 35.9 Å². The highest BCUT2D eigenvalue weighted by molar-refractivity contribution is 8.01. The van der Waals surface area contributed by atoms with Gasteiger partial charge < -0.3 is 0 Å². The van der Waals surface area contributed by atoms with Gasteiger partial charge in [0.15, 0.2) is 4.34 Å². The van der Waals surface area contributed by atoms with Gasteiger partial charge in [-0.05, 0) is 13.8 Å². The Morgan fingerprint density at radius 3 is 2.85 bits per heavy atom. The fourth-order valence-corrected chi connectivity index (χ4v) is 2.69. The van der Waals surface area contributed by atoms with E-state index in [1.165, 1.54) is 0 Å². The lowest BCUT2D eigenvalue weighted by atomic mass is 10.4. The van der Waals surface area contributed by atoms with Crippen LogP contribution in [0.25, 0.3) is 0 Å². The van der Waals surface area contributed by atoms with Gasteiger partial charge in [0.1, 0.15) is 5.01 Å². The minimum Gasteiger partial charge on any atom is -0.143 e. The Labute approximate surface area is 87.2 Å². The van der Waals surface area contributed by atoms with Crippen molar-refractivity contribution >= 4 is 23.1 Å². The molecule has 13 heavy (non-hydrogen) atoms. The minimum absolute atomic E-state index is 0.312. The summed E-state index contributed by atoms with van der Waals surface area (Å²) in [5.74, 6) is 6.20. The van der Waals surface area contributed by atoms with Crippen LogP contribution >= 0.6 is 23.1 Å². The van der Waals surface area contributed by atoms with E-state index in [9.17, 15) is 0 Å². The average molecular weight is 212 g/mol. The van der Waals surface area contributed by atoms with Crippen LogP contribution in [0.5, 0.6) is 0 Å². The van der Waals surface area contributed by atoms with Gasteiger partial charge in [0.25, 0.3) is 0 Å². The second kappa shape index (κ2) is 5.25. The molecule has 70 valence electrons. The van der Waals surface area contributed by atoms with Gasteiger partial charge in [0.05, 0.1) is 5.25 Å². The van der Waals surface area contributed by atoms with Gasteiger partial charge in [-0.2, -0.15) is 0 Å². The summed E-state index contributed by atoms with van der Waals surface area (Å²) < 4.78 is 1.01. The Balaban J connectivity index is 2.49. The van der Waals surface area contributed by atoms with Gasteiger partial charge in [-0.25, -0.2) is 0 Å². The van der Waals surface area contributed by atoms with Gasteiger partial charge >= 0.3 is 0 Å². The Hall–Kier alpha value is -0.530. The fraction of sp³-hybridized carbons (Fsp3) is 0.556. The van der Waals surface area contributed by atoms with E-state index in [0.717, 1.165) is 15.8 Å². The summed E-state index contributed by atoms with van der Waals surface area (Å²) in [6.45, 7) is 6.10. The van der Waals surface area contributed by atoms with Crippen LogP contribution in [0.3, 0.4) is 0 Å². The largest absolute Gasteiger partial charge is 0.175 e. The summed E-state index contributed by atoms with van der Waals surface area (Å²) >= 11 is 3.30. The summed E-state index contributed by atoms with van der Waals surface area (Å²) in [6, 6.07) is 0. The highest BCUT2D eigenvalue weighted by Crippen LogP contribution is 2.25. The zero-order chi connectivity index (χ0) is 9.68. The molecule has 0 fully saturated rings. The summed E-state index contributed by atoms with van der Waals surface area (Å²) in [5.41, 5.74) is 0. The van der Waals surface area contributed by atoms with Crippen LogP contribution in [-0.2, 0) is 0 Å². The number of hydrogen-bond donors (Lipinski definition) is 0. The third kappa shape index (κ3) is 3.79. The highest BCUT2D eigenvalue weighted by atomic mass is 32.2. The minimum atomic E-state index is 0.312. The first-order valence-electron chi connectivity index (χ1n) is 4.17. The average Bonchev–Trinajstić information content (AvgIpc) is 2.48. The van der Waals surface area contributed by atoms with Crippen LogP contribution < -0.4 is 0 Å². The quantitative estimate of drug-likeness (QED) is 0.557. The summed E-state index contributed by atoms with van der Waals surface area (Å²) in [6.07, 6.45) is 0.917. The molecule has 0 amide bonds. The maximum Gasteiger partial charge on any atom is 0.175 e. The molecule has 4 heteroatoms. The van der Waals surface area contributed by atoms with Crippen LogP contribution in [0.2, 0.25) is 0 Å². The van der Waals surface area contributed by atoms with Crippen LogP contribution in [0.1, 0.15) is 25.3 Å². The first-order valence-corrected chi connectivity index (χ1v) is 5.87. The van der Waals surface area contributed by atoms with E-state index < -0.39 is 0 Å².